The Morgan fingerprint density at radius 2 is 0.971 bits per heavy atom. The fourth-order valence-corrected chi connectivity index (χ4v) is 3.59. The molecular formula is C17H4F15O2-. The molecule has 17 heteroatoms. The lowest BCUT2D eigenvalue weighted by Gasteiger charge is -2.52. The van der Waals surface area contributed by atoms with Crippen LogP contribution in [0.2, 0.25) is 0 Å². The van der Waals surface area contributed by atoms with Gasteiger partial charge in [0.05, 0.1) is 0 Å². The maximum atomic E-state index is 14.9. The lowest BCUT2D eigenvalue weighted by atomic mass is 9.68. The number of carbonyl (C=O) groups excluding carboxylic acids is 1. The van der Waals surface area contributed by atoms with Gasteiger partial charge in [0.2, 0.25) is 5.78 Å². The lowest BCUT2D eigenvalue weighted by Crippen LogP contribution is -2.85. The summed E-state index contributed by atoms with van der Waals surface area (Å²) < 4.78 is 206. The van der Waals surface area contributed by atoms with Gasteiger partial charge in [-0.1, -0.05) is 5.76 Å². The predicted octanol–water partition coefficient (Wildman–Crippen LogP) is 4.73. The monoisotopic (exact) mass is 525 g/mol. The molecule has 0 N–H and O–H groups in total. The average molecular weight is 525 g/mol. The number of alkyl halides is 11. The normalized spacial score (nSPS) is 25.6. The zero-order valence-corrected chi connectivity index (χ0v) is 15.4. The van der Waals surface area contributed by atoms with Gasteiger partial charge in [-0.3, -0.25) is 4.79 Å². The predicted molar refractivity (Wildman–Crippen MR) is 75.1 cm³/mol. The Balaban J connectivity index is 2.35. The van der Waals surface area contributed by atoms with Crippen molar-refractivity contribution in [2.24, 2.45) is 0 Å². The molecule has 2 nitrogen and oxygen atoms in total. The van der Waals surface area contributed by atoms with Crippen molar-refractivity contribution < 1.29 is 75.8 Å². The van der Waals surface area contributed by atoms with Crippen LogP contribution in [0.3, 0.4) is 0 Å². The Bertz CT molecular complexity index is 1100. The van der Waals surface area contributed by atoms with Crippen LogP contribution in [0.4, 0.5) is 65.9 Å². The molecule has 0 aromatic heterocycles. The van der Waals surface area contributed by atoms with Crippen molar-refractivity contribution in [2.45, 2.75) is 48.1 Å². The highest BCUT2D eigenvalue weighted by atomic mass is 19.4. The number of allylic oxidation sites excluding steroid dienone is 1. The van der Waals surface area contributed by atoms with E-state index < -0.39 is 99.6 Å². The van der Waals surface area contributed by atoms with Crippen molar-refractivity contribution in [3.8, 4) is 0 Å². The molecule has 0 saturated heterocycles. The van der Waals surface area contributed by atoms with Gasteiger partial charge in [0.1, 0.15) is 0 Å². The number of hydrogen-bond acceptors (Lipinski definition) is 2. The molecule has 0 amide bonds. The van der Waals surface area contributed by atoms with Gasteiger partial charge in [-0.25, -0.2) is 22.0 Å². The van der Waals surface area contributed by atoms with Gasteiger partial charge in [-0.15, -0.1) is 0 Å². The summed E-state index contributed by atoms with van der Waals surface area (Å²) in [4.78, 5) is 12.2. The molecular weight excluding hydrogens is 521 g/mol. The first-order valence-electron chi connectivity index (χ1n) is 8.45. The molecule has 0 aliphatic heterocycles. The van der Waals surface area contributed by atoms with E-state index in [4.69, 9.17) is 0 Å². The van der Waals surface area contributed by atoms with Crippen molar-refractivity contribution >= 4 is 11.5 Å². The van der Waals surface area contributed by atoms with E-state index in [2.05, 4.69) is 0 Å². The number of ketones is 1. The summed E-state index contributed by atoms with van der Waals surface area (Å²) in [6.45, 7) is 0. The second-order valence-corrected chi connectivity index (χ2v) is 7.28. The van der Waals surface area contributed by atoms with E-state index in [0.717, 1.165) is 0 Å². The molecule has 0 radical (unpaired) electrons. The molecule has 1 aromatic carbocycles. The van der Waals surface area contributed by atoms with Crippen LogP contribution in [0, 0.1) is 23.3 Å². The molecule has 0 bridgehead atoms. The van der Waals surface area contributed by atoms with Crippen LogP contribution in [0.1, 0.15) is 17.5 Å². The van der Waals surface area contributed by atoms with Gasteiger partial charge in [0.25, 0.3) is 0 Å². The van der Waals surface area contributed by atoms with Crippen LogP contribution in [-0.4, -0.2) is 41.1 Å². The zero-order chi connectivity index (χ0) is 26.6. The fraction of sp³-hybridized carbons (Fsp3) is 0.471. The molecule has 0 heterocycles. The summed E-state index contributed by atoms with van der Waals surface area (Å²) in [5.74, 6) is -54.9. The minimum Gasteiger partial charge on any atom is -0.872 e. The van der Waals surface area contributed by atoms with Gasteiger partial charge in [0, 0.05) is 11.1 Å². The zero-order valence-electron chi connectivity index (χ0n) is 15.4. The molecule has 2 aliphatic carbocycles. The van der Waals surface area contributed by atoms with Crippen LogP contribution < -0.4 is 5.11 Å². The molecule has 3 rings (SSSR count). The Labute approximate surface area is 176 Å². The van der Waals surface area contributed by atoms with Gasteiger partial charge in [0.15, 0.2) is 23.3 Å². The van der Waals surface area contributed by atoms with E-state index in [1.54, 1.807) is 0 Å². The minimum atomic E-state index is -7.65. The SMILES string of the molecule is O=C(C1=C([O-])c2c(F)c(F)c(F)c(F)c2CC1)C1(F)C(F)(F)C(F)(F)C(F)(F)C(F)(F)C1(F)F. The highest BCUT2D eigenvalue weighted by Crippen LogP contribution is 2.70. The highest BCUT2D eigenvalue weighted by Gasteiger charge is 3.02. The molecule has 34 heavy (non-hydrogen) atoms. The molecule has 0 unspecified atom stereocenters. The largest absolute Gasteiger partial charge is 0.872 e. The minimum absolute atomic E-state index is 1.42. The third-order valence-corrected chi connectivity index (χ3v) is 5.52. The summed E-state index contributed by atoms with van der Waals surface area (Å²) in [5.41, 5.74) is -13.1. The summed E-state index contributed by atoms with van der Waals surface area (Å²) >= 11 is 0. The first-order valence-corrected chi connectivity index (χ1v) is 8.45. The summed E-state index contributed by atoms with van der Waals surface area (Å²) in [7, 11) is 0. The first kappa shape index (κ1) is 26.0. The number of carbonyl (C=O) groups is 1. The number of rotatable bonds is 2. The Morgan fingerprint density at radius 3 is 1.41 bits per heavy atom. The first-order chi connectivity index (χ1) is 15.1. The lowest BCUT2D eigenvalue weighted by molar-refractivity contribution is -0.475. The maximum absolute atomic E-state index is 14.9. The molecule has 190 valence electrons. The average Bonchev–Trinajstić information content (AvgIpc) is 2.73. The second-order valence-electron chi connectivity index (χ2n) is 7.28. The fourth-order valence-electron chi connectivity index (χ4n) is 3.59. The smallest absolute Gasteiger partial charge is 0.384 e. The second kappa shape index (κ2) is 6.74. The number of Topliss-reactive ketones (excluding diaryl/α,β-unsaturated/α-hetero) is 1. The van der Waals surface area contributed by atoms with Gasteiger partial charge in [-0.05, 0) is 18.4 Å². The number of fused-ring (bicyclic) bond motifs is 1. The van der Waals surface area contributed by atoms with Crippen molar-refractivity contribution in [1.29, 1.82) is 0 Å². The van der Waals surface area contributed by atoms with E-state index in [1.807, 2.05) is 0 Å². The third kappa shape index (κ3) is 2.44. The van der Waals surface area contributed by atoms with Crippen LogP contribution in [0.5, 0.6) is 0 Å². The number of halogens is 15. The maximum Gasteiger partial charge on any atom is 0.384 e. The highest BCUT2D eigenvalue weighted by molar-refractivity contribution is 6.08. The van der Waals surface area contributed by atoms with Crippen LogP contribution in [0.25, 0.3) is 5.76 Å². The molecule has 1 fully saturated rings. The molecule has 1 aromatic rings. The summed E-state index contributed by atoms with van der Waals surface area (Å²) in [6, 6.07) is 0. The molecule has 0 atom stereocenters. The molecule has 2 aliphatic rings. The summed E-state index contributed by atoms with van der Waals surface area (Å²) in [5, 5.41) is 12.2. The van der Waals surface area contributed by atoms with E-state index in [1.165, 1.54) is 0 Å². The standard InChI is InChI=1S/C17H5F15O2/c18-6-3-1-2-4(10(33)5(3)7(19)9(21)8(6)20)11(34)12(22)13(23,24)15(27,28)17(31,32)16(29,30)14(12,25)26/h33H,1-2H2/p-1. The van der Waals surface area contributed by atoms with Crippen molar-refractivity contribution in [3.63, 3.8) is 0 Å². The molecule has 0 spiro atoms. The van der Waals surface area contributed by atoms with Crippen LogP contribution >= 0.6 is 0 Å². The Hall–Kier alpha value is -2.62. The molecule has 1 saturated carbocycles. The van der Waals surface area contributed by atoms with E-state index in [9.17, 15) is 75.8 Å². The van der Waals surface area contributed by atoms with Crippen LogP contribution in [-0.2, 0) is 11.2 Å². The number of benzene rings is 1. The Morgan fingerprint density at radius 1 is 0.588 bits per heavy atom. The Kier molecular flexibility index (Phi) is 5.15. The van der Waals surface area contributed by atoms with Crippen LogP contribution in [0.15, 0.2) is 5.57 Å². The summed E-state index contributed by atoms with van der Waals surface area (Å²) in [6.07, 6.45) is -3.17. The van der Waals surface area contributed by atoms with Crippen molar-refractivity contribution in [2.75, 3.05) is 0 Å². The topological polar surface area (TPSA) is 40.1 Å². The van der Waals surface area contributed by atoms with Gasteiger partial charge >= 0.3 is 35.3 Å². The van der Waals surface area contributed by atoms with Gasteiger partial charge < -0.3 is 5.11 Å². The van der Waals surface area contributed by atoms with E-state index in [0.29, 0.717) is 0 Å². The van der Waals surface area contributed by atoms with Crippen molar-refractivity contribution in [3.05, 3.63) is 40.0 Å². The van der Waals surface area contributed by atoms with E-state index >= 15 is 0 Å². The van der Waals surface area contributed by atoms with Crippen molar-refractivity contribution in [1.82, 2.24) is 0 Å². The third-order valence-electron chi connectivity index (χ3n) is 5.52. The number of hydrogen-bond donors (Lipinski definition) is 0. The quantitative estimate of drug-likeness (QED) is 0.319. The van der Waals surface area contributed by atoms with E-state index in [-0.39, 0.29) is 0 Å². The van der Waals surface area contributed by atoms with Gasteiger partial charge in [-0.2, -0.15) is 43.9 Å².